The minimum atomic E-state index is -0.475. The smallest absolute Gasteiger partial charge is 0.338 e. The lowest BCUT2D eigenvalue weighted by Crippen LogP contribution is -2.38. The number of benzene rings is 1. The van der Waals surface area contributed by atoms with Crippen LogP contribution in [0.1, 0.15) is 28.8 Å². The monoisotopic (exact) mass is 385 g/mol. The Morgan fingerprint density at radius 2 is 2.00 bits per heavy atom. The van der Waals surface area contributed by atoms with E-state index in [-0.39, 0.29) is 17.9 Å². The molecule has 0 aromatic heterocycles. The van der Waals surface area contributed by atoms with Crippen molar-refractivity contribution in [2.75, 3.05) is 46.1 Å². The molecule has 3 aliphatic rings. The Morgan fingerprint density at radius 1 is 1.25 bits per heavy atom. The lowest BCUT2D eigenvalue weighted by atomic mass is 9.75. The Kier molecular flexibility index (Phi) is 5.51. The SMILES string of the molecule is C=C1CC2COC(=O)C2(Cc2ccc(C(=O)OCCN3CCOCC3)cc2)C1. The number of cyclic esters (lactones) is 1. The van der Waals surface area contributed by atoms with Gasteiger partial charge in [0.15, 0.2) is 0 Å². The molecular weight excluding hydrogens is 358 g/mol. The van der Waals surface area contributed by atoms with Crippen molar-refractivity contribution in [2.24, 2.45) is 11.3 Å². The van der Waals surface area contributed by atoms with Crippen molar-refractivity contribution in [3.05, 3.63) is 47.5 Å². The van der Waals surface area contributed by atoms with Crippen LogP contribution in [0.25, 0.3) is 0 Å². The van der Waals surface area contributed by atoms with Crippen molar-refractivity contribution in [3.63, 3.8) is 0 Å². The molecule has 6 nitrogen and oxygen atoms in total. The molecular formula is C22H27NO5. The predicted octanol–water partition coefficient (Wildman–Crippen LogP) is 2.23. The molecule has 0 radical (unpaired) electrons. The molecule has 0 N–H and O–H groups in total. The fraction of sp³-hybridized carbons (Fsp3) is 0.545. The summed E-state index contributed by atoms with van der Waals surface area (Å²) in [6.45, 7) is 8.90. The first-order chi connectivity index (χ1) is 13.6. The predicted molar refractivity (Wildman–Crippen MR) is 103 cm³/mol. The zero-order chi connectivity index (χ0) is 19.6. The fourth-order valence-electron chi connectivity index (χ4n) is 4.56. The third-order valence-electron chi connectivity index (χ3n) is 6.16. The summed E-state index contributed by atoms with van der Waals surface area (Å²) in [5, 5.41) is 0. The van der Waals surface area contributed by atoms with E-state index in [4.69, 9.17) is 14.2 Å². The van der Waals surface area contributed by atoms with Gasteiger partial charge >= 0.3 is 11.9 Å². The number of ether oxygens (including phenoxy) is 3. The van der Waals surface area contributed by atoms with E-state index in [2.05, 4.69) is 11.5 Å². The summed E-state index contributed by atoms with van der Waals surface area (Å²) in [6, 6.07) is 7.39. The van der Waals surface area contributed by atoms with Gasteiger partial charge in [-0.25, -0.2) is 4.79 Å². The second-order valence-electron chi connectivity index (χ2n) is 8.05. The zero-order valence-electron chi connectivity index (χ0n) is 16.2. The van der Waals surface area contributed by atoms with Crippen LogP contribution in [0.5, 0.6) is 0 Å². The van der Waals surface area contributed by atoms with Crippen molar-refractivity contribution >= 4 is 11.9 Å². The molecule has 2 aliphatic heterocycles. The van der Waals surface area contributed by atoms with E-state index in [0.717, 1.165) is 50.4 Å². The molecule has 2 saturated heterocycles. The van der Waals surface area contributed by atoms with Gasteiger partial charge in [0.05, 0.1) is 30.8 Å². The molecule has 1 aromatic carbocycles. The lowest BCUT2D eigenvalue weighted by molar-refractivity contribution is -0.146. The molecule has 0 amide bonds. The van der Waals surface area contributed by atoms with Gasteiger partial charge in [0, 0.05) is 25.6 Å². The maximum Gasteiger partial charge on any atom is 0.338 e. The van der Waals surface area contributed by atoms with Crippen LogP contribution in [0.3, 0.4) is 0 Å². The summed E-state index contributed by atoms with van der Waals surface area (Å²) in [7, 11) is 0. The highest BCUT2D eigenvalue weighted by Crippen LogP contribution is 2.52. The molecule has 4 rings (SSSR count). The highest BCUT2D eigenvalue weighted by molar-refractivity contribution is 5.89. The van der Waals surface area contributed by atoms with Crippen LogP contribution in [0.15, 0.2) is 36.4 Å². The summed E-state index contributed by atoms with van der Waals surface area (Å²) in [6.07, 6.45) is 2.18. The first-order valence-electron chi connectivity index (χ1n) is 9.97. The van der Waals surface area contributed by atoms with Gasteiger partial charge in [0.25, 0.3) is 0 Å². The van der Waals surface area contributed by atoms with Crippen LogP contribution in [0.4, 0.5) is 0 Å². The number of carbonyl (C=O) groups excluding carboxylic acids is 2. The maximum atomic E-state index is 12.4. The quantitative estimate of drug-likeness (QED) is 0.553. The van der Waals surface area contributed by atoms with E-state index in [1.54, 1.807) is 12.1 Å². The van der Waals surface area contributed by atoms with E-state index >= 15 is 0 Å². The number of esters is 2. The number of fused-ring (bicyclic) bond motifs is 1. The topological polar surface area (TPSA) is 65.1 Å². The molecule has 2 heterocycles. The molecule has 1 saturated carbocycles. The summed E-state index contributed by atoms with van der Waals surface area (Å²) in [5.74, 6) is -0.203. The highest BCUT2D eigenvalue weighted by Gasteiger charge is 2.55. The van der Waals surface area contributed by atoms with Crippen LogP contribution < -0.4 is 0 Å². The summed E-state index contributed by atoms with van der Waals surface area (Å²) < 4.78 is 16.0. The minimum Gasteiger partial charge on any atom is -0.465 e. The standard InChI is InChI=1S/C22H27NO5/c1-16-12-19-15-28-21(25)22(19,13-16)14-17-2-4-18(5-3-17)20(24)27-11-8-23-6-9-26-10-7-23/h2-5,19H,1,6-15H2. The van der Waals surface area contributed by atoms with Crippen molar-refractivity contribution in [1.29, 1.82) is 0 Å². The van der Waals surface area contributed by atoms with Gasteiger partial charge in [-0.05, 0) is 37.0 Å². The van der Waals surface area contributed by atoms with Crippen LogP contribution in [0.2, 0.25) is 0 Å². The number of hydrogen-bond acceptors (Lipinski definition) is 6. The molecule has 2 unspecified atom stereocenters. The number of allylic oxidation sites excluding steroid dienone is 1. The second kappa shape index (κ2) is 8.05. The van der Waals surface area contributed by atoms with E-state index in [1.165, 1.54) is 0 Å². The second-order valence-corrected chi connectivity index (χ2v) is 8.05. The lowest BCUT2D eigenvalue weighted by Gasteiger charge is -2.26. The van der Waals surface area contributed by atoms with E-state index in [1.807, 2.05) is 12.1 Å². The van der Waals surface area contributed by atoms with Crippen molar-refractivity contribution in [3.8, 4) is 0 Å². The van der Waals surface area contributed by atoms with Gasteiger partial charge in [-0.15, -0.1) is 0 Å². The number of nitrogens with zero attached hydrogens (tertiary/aromatic N) is 1. The zero-order valence-corrected chi connectivity index (χ0v) is 16.2. The van der Waals surface area contributed by atoms with Gasteiger partial charge in [0.1, 0.15) is 6.61 Å². The first kappa shape index (κ1) is 19.2. The third-order valence-corrected chi connectivity index (χ3v) is 6.16. The minimum absolute atomic E-state index is 0.109. The van der Waals surface area contributed by atoms with E-state index in [9.17, 15) is 9.59 Å². The van der Waals surface area contributed by atoms with Crippen molar-refractivity contribution in [2.45, 2.75) is 19.3 Å². The normalized spacial score (nSPS) is 27.5. The molecule has 3 fully saturated rings. The number of rotatable bonds is 6. The Hall–Kier alpha value is -2.18. The van der Waals surface area contributed by atoms with Gasteiger partial charge in [0.2, 0.25) is 0 Å². The maximum absolute atomic E-state index is 12.4. The average Bonchev–Trinajstić information content (AvgIpc) is 3.17. The molecule has 6 heteroatoms. The first-order valence-corrected chi connectivity index (χ1v) is 9.97. The molecule has 2 atom stereocenters. The fourth-order valence-corrected chi connectivity index (χ4v) is 4.56. The van der Waals surface area contributed by atoms with E-state index < -0.39 is 5.41 Å². The summed E-state index contributed by atoms with van der Waals surface area (Å²) in [4.78, 5) is 26.9. The summed E-state index contributed by atoms with van der Waals surface area (Å²) >= 11 is 0. The third kappa shape index (κ3) is 3.84. The number of morpholine rings is 1. The molecule has 0 bridgehead atoms. The Morgan fingerprint density at radius 3 is 2.75 bits per heavy atom. The molecule has 28 heavy (non-hydrogen) atoms. The van der Waals surface area contributed by atoms with Gasteiger partial charge in [-0.2, -0.15) is 0 Å². The molecule has 150 valence electrons. The Balaban J connectivity index is 1.32. The van der Waals surface area contributed by atoms with Crippen LogP contribution >= 0.6 is 0 Å². The molecule has 1 aliphatic carbocycles. The number of hydrogen-bond donors (Lipinski definition) is 0. The van der Waals surface area contributed by atoms with Crippen LogP contribution in [0, 0.1) is 11.3 Å². The Bertz CT molecular complexity index is 753. The highest BCUT2D eigenvalue weighted by atomic mass is 16.5. The number of carbonyl (C=O) groups is 2. The van der Waals surface area contributed by atoms with Gasteiger partial charge < -0.3 is 14.2 Å². The van der Waals surface area contributed by atoms with Gasteiger partial charge in [-0.1, -0.05) is 24.3 Å². The van der Waals surface area contributed by atoms with Crippen LogP contribution in [-0.2, 0) is 25.4 Å². The van der Waals surface area contributed by atoms with Crippen molar-refractivity contribution < 1.29 is 23.8 Å². The van der Waals surface area contributed by atoms with E-state index in [0.29, 0.717) is 31.6 Å². The van der Waals surface area contributed by atoms with Crippen molar-refractivity contribution in [1.82, 2.24) is 4.90 Å². The molecule has 0 spiro atoms. The molecule has 1 aromatic rings. The average molecular weight is 385 g/mol. The Labute approximate surface area is 165 Å². The summed E-state index contributed by atoms with van der Waals surface area (Å²) in [5.41, 5.74) is 2.22. The van der Waals surface area contributed by atoms with Gasteiger partial charge in [-0.3, -0.25) is 9.69 Å². The largest absolute Gasteiger partial charge is 0.465 e. The van der Waals surface area contributed by atoms with Crippen LogP contribution in [-0.4, -0.2) is 62.9 Å².